The fourth-order valence-corrected chi connectivity index (χ4v) is 1.85. The quantitative estimate of drug-likeness (QED) is 0.798. The minimum Gasteiger partial charge on any atom is -0.393 e. The van der Waals surface area contributed by atoms with Crippen LogP contribution in [0.4, 0.5) is 5.69 Å². The summed E-state index contributed by atoms with van der Waals surface area (Å²) >= 11 is 0. The fourth-order valence-electron chi connectivity index (χ4n) is 1.85. The van der Waals surface area contributed by atoms with E-state index in [1.54, 1.807) is 0 Å². The molecule has 1 atom stereocenters. The van der Waals surface area contributed by atoms with Gasteiger partial charge in [-0.25, -0.2) is 0 Å². The van der Waals surface area contributed by atoms with Crippen LogP contribution in [0.25, 0.3) is 0 Å². The molecule has 0 amide bonds. The van der Waals surface area contributed by atoms with Crippen molar-refractivity contribution in [1.82, 2.24) is 0 Å². The zero-order valence-electron chi connectivity index (χ0n) is 10.6. The van der Waals surface area contributed by atoms with E-state index in [-0.39, 0.29) is 6.10 Å². The Morgan fingerprint density at radius 2 is 1.62 bits per heavy atom. The van der Waals surface area contributed by atoms with Crippen molar-refractivity contribution >= 4 is 5.69 Å². The molecule has 0 aliphatic carbocycles. The number of aliphatic hydroxyl groups is 1. The van der Waals surface area contributed by atoms with Gasteiger partial charge in [0.2, 0.25) is 0 Å². The van der Waals surface area contributed by atoms with E-state index < -0.39 is 0 Å². The summed E-state index contributed by atoms with van der Waals surface area (Å²) in [5.74, 6) is 0. The van der Waals surface area contributed by atoms with Crippen LogP contribution in [-0.4, -0.2) is 24.3 Å². The summed E-state index contributed by atoms with van der Waals surface area (Å²) in [6.45, 7) is 8.41. The van der Waals surface area contributed by atoms with Crippen LogP contribution in [0.5, 0.6) is 0 Å². The number of nitrogens with zero attached hydrogens (tertiary/aromatic N) is 1. The van der Waals surface area contributed by atoms with E-state index in [1.807, 2.05) is 6.92 Å². The predicted molar refractivity (Wildman–Crippen MR) is 70.0 cm³/mol. The number of rotatable bonds is 6. The molecule has 0 unspecified atom stereocenters. The van der Waals surface area contributed by atoms with Crippen molar-refractivity contribution in [3.63, 3.8) is 0 Å². The second kappa shape index (κ2) is 6.54. The zero-order valence-corrected chi connectivity index (χ0v) is 10.6. The third-order valence-corrected chi connectivity index (χ3v) is 3.01. The maximum Gasteiger partial charge on any atom is 0.0577 e. The van der Waals surface area contributed by atoms with Crippen molar-refractivity contribution in [3.05, 3.63) is 29.8 Å². The molecule has 0 saturated carbocycles. The lowest BCUT2D eigenvalue weighted by atomic mass is 10.1. The monoisotopic (exact) mass is 221 g/mol. The first kappa shape index (κ1) is 13.0. The van der Waals surface area contributed by atoms with Crippen molar-refractivity contribution < 1.29 is 5.11 Å². The van der Waals surface area contributed by atoms with Gasteiger partial charge in [0.1, 0.15) is 0 Å². The summed E-state index contributed by atoms with van der Waals surface area (Å²) < 4.78 is 0. The van der Waals surface area contributed by atoms with E-state index >= 15 is 0 Å². The Balaban J connectivity index is 2.67. The number of hydrogen-bond donors (Lipinski definition) is 1. The summed E-state index contributed by atoms with van der Waals surface area (Å²) in [6, 6.07) is 8.52. The van der Waals surface area contributed by atoms with Crippen molar-refractivity contribution in [2.24, 2.45) is 0 Å². The van der Waals surface area contributed by atoms with Crippen LogP contribution in [-0.2, 0) is 6.42 Å². The molecule has 0 aliphatic rings. The molecule has 0 aromatic heterocycles. The van der Waals surface area contributed by atoms with Crippen LogP contribution in [0.1, 0.15) is 32.8 Å². The maximum absolute atomic E-state index is 9.57. The number of anilines is 1. The topological polar surface area (TPSA) is 23.5 Å². The lowest BCUT2D eigenvalue weighted by molar-refractivity contribution is 0.171. The smallest absolute Gasteiger partial charge is 0.0577 e. The average molecular weight is 221 g/mol. The largest absolute Gasteiger partial charge is 0.393 e. The molecular formula is C14H23NO. The summed E-state index contributed by atoms with van der Waals surface area (Å²) in [4.78, 5) is 2.32. The Hall–Kier alpha value is -1.02. The van der Waals surface area contributed by atoms with Crippen molar-refractivity contribution in [2.45, 2.75) is 39.7 Å². The van der Waals surface area contributed by atoms with E-state index in [0.717, 1.165) is 25.9 Å². The van der Waals surface area contributed by atoms with Crippen molar-refractivity contribution in [2.75, 3.05) is 18.0 Å². The van der Waals surface area contributed by atoms with E-state index in [1.165, 1.54) is 11.3 Å². The maximum atomic E-state index is 9.57. The number of benzene rings is 1. The van der Waals surface area contributed by atoms with Gasteiger partial charge in [0, 0.05) is 18.8 Å². The van der Waals surface area contributed by atoms with Crippen LogP contribution >= 0.6 is 0 Å². The van der Waals surface area contributed by atoms with Crippen LogP contribution < -0.4 is 4.90 Å². The zero-order chi connectivity index (χ0) is 12.0. The van der Waals surface area contributed by atoms with E-state index in [4.69, 9.17) is 0 Å². The first-order valence-corrected chi connectivity index (χ1v) is 6.23. The van der Waals surface area contributed by atoms with Crippen molar-refractivity contribution in [1.29, 1.82) is 0 Å². The van der Waals surface area contributed by atoms with Gasteiger partial charge in [0.25, 0.3) is 0 Å². The molecule has 0 radical (unpaired) electrons. The summed E-state index contributed by atoms with van der Waals surface area (Å²) in [5.41, 5.74) is 2.48. The predicted octanol–water partition coefficient (Wildman–Crippen LogP) is 2.85. The molecular weight excluding hydrogens is 198 g/mol. The highest BCUT2D eigenvalue weighted by Crippen LogP contribution is 2.16. The van der Waals surface area contributed by atoms with Gasteiger partial charge in [-0.2, -0.15) is 0 Å². The Labute approximate surface area is 98.9 Å². The second-order valence-electron chi connectivity index (χ2n) is 4.10. The number of hydrogen-bond acceptors (Lipinski definition) is 2. The second-order valence-corrected chi connectivity index (χ2v) is 4.10. The van der Waals surface area contributed by atoms with E-state index in [9.17, 15) is 5.11 Å². The molecule has 0 saturated heterocycles. The molecule has 90 valence electrons. The average Bonchev–Trinajstić information content (AvgIpc) is 2.32. The van der Waals surface area contributed by atoms with Gasteiger partial charge in [-0.1, -0.05) is 19.1 Å². The Morgan fingerprint density at radius 1 is 1.06 bits per heavy atom. The summed E-state index contributed by atoms with van der Waals surface area (Å²) in [5, 5.41) is 9.57. The highest BCUT2D eigenvalue weighted by Gasteiger charge is 2.04. The molecule has 0 spiro atoms. The van der Waals surface area contributed by atoms with Crippen LogP contribution in [0, 0.1) is 0 Å². The first-order chi connectivity index (χ1) is 7.71. The highest BCUT2D eigenvalue weighted by molar-refractivity contribution is 5.47. The molecule has 1 aromatic rings. The van der Waals surface area contributed by atoms with Gasteiger partial charge in [-0.15, -0.1) is 0 Å². The van der Waals surface area contributed by atoms with Crippen molar-refractivity contribution in [3.8, 4) is 0 Å². The molecule has 0 fully saturated rings. The molecule has 0 bridgehead atoms. The molecule has 2 heteroatoms. The first-order valence-electron chi connectivity index (χ1n) is 6.23. The number of aliphatic hydroxyl groups excluding tert-OH is 1. The van der Waals surface area contributed by atoms with Crippen LogP contribution in [0.15, 0.2) is 24.3 Å². The third kappa shape index (κ3) is 3.53. The van der Waals surface area contributed by atoms with Gasteiger partial charge in [0.05, 0.1) is 6.10 Å². The Bertz CT molecular complexity index is 290. The van der Waals surface area contributed by atoms with Gasteiger partial charge in [-0.3, -0.25) is 0 Å². The SMILES string of the molecule is CC[C@@H](O)Cc1ccc(N(CC)CC)cc1. The normalized spacial score (nSPS) is 12.5. The lowest BCUT2D eigenvalue weighted by Crippen LogP contribution is -2.21. The minimum atomic E-state index is -0.209. The van der Waals surface area contributed by atoms with Crippen LogP contribution in [0.3, 0.4) is 0 Å². The molecule has 1 N–H and O–H groups in total. The molecule has 0 aliphatic heterocycles. The lowest BCUT2D eigenvalue weighted by Gasteiger charge is -2.21. The van der Waals surface area contributed by atoms with Gasteiger partial charge in [0.15, 0.2) is 0 Å². The Kier molecular flexibility index (Phi) is 5.33. The Morgan fingerprint density at radius 3 is 2.06 bits per heavy atom. The molecule has 1 rings (SSSR count). The molecule has 2 nitrogen and oxygen atoms in total. The molecule has 16 heavy (non-hydrogen) atoms. The van der Waals surface area contributed by atoms with E-state index in [2.05, 4.69) is 43.0 Å². The summed E-state index contributed by atoms with van der Waals surface area (Å²) in [7, 11) is 0. The third-order valence-electron chi connectivity index (χ3n) is 3.01. The van der Waals surface area contributed by atoms with Gasteiger partial charge >= 0.3 is 0 Å². The molecule has 0 heterocycles. The highest BCUT2D eigenvalue weighted by atomic mass is 16.3. The fraction of sp³-hybridized carbons (Fsp3) is 0.571. The van der Waals surface area contributed by atoms with Gasteiger partial charge in [-0.05, 0) is 44.4 Å². The summed E-state index contributed by atoms with van der Waals surface area (Å²) in [6.07, 6.45) is 1.37. The van der Waals surface area contributed by atoms with Crippen LogP contribution in [0.2, 0.25) is 0 Å². The van der Waals surface area contributed by atoms with Gasteiger partial charge < -0.3 is 10.0 Å². The standard InChI is InChI=1S/C14H23NO/c1-4-14(16)11-12-7-9-13(10-8-12)15(5-2)6-3/h7-10,14,16H,4-6,11H2,1-3H3/t14-/m1/s1. The van der Waals surface area contributed by atoms with E-state index in [0.29, 0.717) is 0 Å². The minimum absolute atomic E-state index is 0.209. The molecule has 1 aromatic carbocycles.